The molecule has 0 radical (unpaired) electrons. The molecule has 1 fully saturated rings. The third kappa shape index (κ3) is 2.60. The van der Waals surface area contributed by atoms with Crippen molar-refractivity contribution >= 4 is 0 Å². The molecule has 1 aromatic carbocycles. The normalized spacial score (nSPS) is 21.2. The third-order valence-corrected chi connectivity index (χ3v) is 4.60. The first-order valence-corrected chi connectivity index (χ1v) is 7.27. The van der Waals surface area contributed by atoms with Gasteiger partial charge in [-0.1, -0.05) is 31.5 Å². The number of hydrogen-bond donors (Lipinski definition) is 2. The minimum Gasteiger partial charge on any atom is -0.312 e. The fourth-order valence-corrected chi connectivity index (χ4v) is 3.11. The average molecular weight is 244 g/mol. The Bertz CT molecular complexity index is 421. The van der Waals surface area contributed by atoms with Gasteiger partial charge >= 0.3 is 0 Å². The van der Waals surface area contributed by atoms with Crippen LogP contribution in [0, 0.1) is 5.41 Å². The highest BCUT2D eigenvalue weighted by atomic mass is 14.9. The van der Waals surface area contributed by atoms with E-state index in [4.69, 9.17) is 0 Å². The van der Waals surface area contributed by atoms with Crippen LogP contribution in [0.3, 0.4) is 0 Å². The van der Waals surface area contributed by atoms with E-state index in [1.54, 1.807) is 0 Å². The highest BCUT2D eigenvalue weighted by molar-refractivity contribution is 5.33. The van der Waals surface area contributed by atoms with Crippen molar-refractivity contribution in [2.24, 2.45) is 5.41 Å². The van der Waals surface area contributed by atoms with Crippen LogP contribution >= 0.6 is 0 Å². The summed E-state index contributed by atoms with van der Waals surface area (Å²) in [5.74, 6) is 0. The molecule has 2 nitrogen and oxygen atoms in total. The largest absolute Gasteiger partial charge is 0.312 e. The molecule has 3 rings (SSSR count). The minimum absolute atomic E-state index is 0.579. The Balaban J connectivity index is 1.56. The molecule has 1 saturated carbocycles. The van der Waals surface area contributed by atoms with E-state index in [2.05, 4.69) is 35.8 Å². The molecule has 2 aliphatic rings. The van der Waals surface area contributed by atoms with Crippen LogP contribution in [-0.4, -0.2) is 13.1 Å². The van der Waals surface area contributed by atoms with Gasteiger partial charge in [0, 0.05) is 19.6 Å². The number of benzene rings is 1. The number of hydrogen-bond acceptors (Lipinski definition) is 2. The highest BCUT2D eigenvalue weighted by Gasteiger charge is 2.30. The molecule has 0 unspecified atom stereocenters. The summed E-state index contributed by atoms with van der Waals surface area (Å²) >= 11 is 0. The molecule has 0 amide bonds. The zero-order valence-corrected chi connectivity index (χ0v) is 11.4. The van der Waals surface area contributed by atoms with Gasteiger partial charge in [0.1, 0.15) is 0 Å². The Morgan fingerprint density at radius 1 is 1.28 bits per heavy atom. The van der Waals surface area contributed by atoms with Gasteiger partial charge in [-0.3, -0.25) is 0 Å². The van der Waals surface area contributed by atoms with Gasteiger partial charge in [-0.25, -0.2) is 0 Å². The fourth-order valence-electron chi connectivity index (χ4n) is 3.11. The van der Waals surface area contributed by atoms with Crippen molar-refractivity contribution in [2.75, 3.05) is 13.1 Å². The summed E-state index contributed by atoms with van der Waals surface area (Å²) in [6.07, 6.45) is 5.39. The predicted molar refractivity (Wildman–Crippen MR) is 75.5 cm³/mol. The van der Waals surface area contributed by atoms with E-state index in [0.29, 0.717) is 5.41 Å². The third-order valence-electron chi connectivity index (χ3n) is 4.60. The number of fused-ring (bicyclic) bond motifs is 1. The Labute approximate surface area is 110 Å². The van der Waals surface area contributed by atoms with Gasteiger partial charge in [0.25, 0.3) is 0 Å². The topological polar surface area (TPSA) is 24.1 Å². The quantitative estimate of drug-likeness (QED) is 0.851. The van der Waals surface area contributed by atoms with Crippen LogP contribution in [0.2, 0.25) is 0 Å². The van der Waals surface area contributed by atoms with Gasteiger partial charge in [0.05, 0.1) is 0 Å². The van der Waals surface area contributed by atoms with Gasteiger partial charge in [-0.05, 0) is 47.9 Å². The van der Waals surface area contributed by atoms with Crippen LogP contribution in [0.25, 0.3) is 0 Å². The summed E-state index contributed by atoms with van der Waals surface area (Å²) in [5, 5.41) is 7.08. The van der Waals surface area contributed by atoms with Gasteiger partial charge in [0.2, 0.25) is 0 Å². The maximum absolute atomic E-state index is 3.63. The lowest BCUT2D eigenvalue weighted by Gasteiger charge is -2.38. The van der Waals surface area contributed by atoms with Gasteiger partial charge < -0.3 is 10.6 Å². The minimum atomic E-state index is 0.579. The van der Waals surface area contributed by atoms with Crippen molar-refractivity contribution in [3.8, 4) is 0 Å². The Morgan fingerprint density at radius 2 is 2.17 bits per heavy atom. The lowest BCUT2D eigenvalue weighted by molar-refractivity contribution is 0.156. The van der Waals surface area contributed by atoms with Crippen molar-refractivity contribution in [3.05, 3.63) is 34.9 Å². The Hall–Kier alpha value is -0.860. The fraction of sp³-hybridized carbons (Fsp3) is 0.625. The van der Waals surface area contributed by atoms with E-state index in [1.807, 2.05) is 0 Å². The summed E-state index contributed by atoms with van der Waals surface area (Å²) in [7, 11) is 0. The molecule has 2 heteroatoms. The van der Waals surface area contributed by atoms with Crippen LogP contribution in [0.1, 0.15) is 42.9 Å². The second-order valence-corrected chi connectivity index (χ2v) is 6.30. The van der Waals surface area contributed by atoms with Gasteiger partial charge in [0.15, 0.2) is 0 Å². The first kappa shape index (κ1) is 12.2. The average Bonchev–Trinajstić information content (AvgIpc) is 2.37. The Kier molecular flexibility index (Phi) is 3.40. The molecule has 1 aliphatic heterocycles. The maximum atomic E-state index is 3.63. The van der Waals surface area contributed by atoms with Crippen LogP contribution in [-0.2, 0) is 19.5 Å². The molecule has 0 aromatic heterocycles. The van der Waals surface area contributed by atoms with Crippen LogP contribution < -0.4 is 10.6 Å². The zero-order valence-electron chi connectivity index (χ0n) is 11.4. The number of nitrogens with one attached hydrogen (secondary N) is 2. The standard InChI is InChI=1S/C16H24N2/c1-16(6-2-7-16)12-18-10-13-3-4-14-5-8-17-11-15(14)9-13/h3-4,9,17-18H,2,5-8,10-12H2,1H3. The van der Waals surface area contributed by atoms with E-state index in [9.17, 15) is 0 Å². The summed E-state index contributed by atoms with van der Waals surface area (Å²) in [6.45, 7) is 6.76. The molecule has 1 aliphatic carbocycles. The van der Waals surface area contributed by atoms with Crippen molar-refractivity contribution < 1.29 is 0 Å². The molecule has 2 N–H and O–H groups in total. The van der Waals surface area contributed by atoms with Crippen LogP contribution in [0.4, 0.5) is 0 Å². The monoisotopic (exact) mass is 244 g/mol. The lowest BCUT2D eigenvalue weighted by Crippen LogP contribution is -2.37. The summed E-state index contributed by atoms with van der Waals surface area (Å²) in [4.78, 5) is 0. The van der Waals surface area contributed by atoms with Crippen LogP contribution in [0.15, 0.2) is 18.2 Å². The van der Waals surface area contributed by atoms with Crippen molar-refractivity contribution in [2.45, 2.75) is 45.7 Å². The van der Waals surface area contributed by atoms with E-state index in [0.717, 1.165) is 19.6 Å². The predicted octanol–water partition coefficient (Wildman–Crippen LogP) is 2.61. The van der Waals surface area contributed by atoms with E-state index >= 15 is 0 Å². The highest BCUT2D eigenvalue weighted by Crippen LogP contribution is 2.39. The smallest absolute Gasteiger partial charge is 0.0208 e. The first-order chi connectivity index (χ1) is 8.75. The number of rotatable bonds is 4. The second kappa shape index (κ2) is 5.02. The van der Waals surface area contributed by atoms with E-state index in [1.165, 1.54) is 48.9 Å². The molecule has 0 saturated heterocycles. The molecule has 98 valence electrons. The van der Waals surface area contributed by atoms with Crippen molar-refractivity contribution in [3.63, 3.8) is 0 Å². The zero-order chi connectivity index (χ0) is 12.4. The molecule has 1 aromatic rings. The maximum Gasteiger partial charge on any atom is 0.0208 e. The van der Waals surface area contributed by atoms with E-state index < -0.39 is 0 Å². The first-order valence-electron chi connectivity index (χ1n) is 7.27. The van der Waals surface area contributed by atoms with Crippen molar-refractivity contribution in [1.29, 1.82) is 0 Å². The second-order valence-electron chi connectivity index (χ2n) is 6.30. The molecular weight excluding hydrogens is 220 g/mol. The molecule has 1 heterocycles. The molecule has 0 spiro atoms. The van der Waals surface area contributed by atoms with Crippen LogP contribution in [0.5, 0.6) is 0 Å². The molecule has 0 atom stereocenters. The molecular formula is C16H24N2. The summed E-state index contributed by atoms with van der Waals surface area (Å²) < 4.78 is 0. The van der Waals surface area contributed by atoms with Gasteiger partial charge in [-0.15, -0.1) is 0 Å². The van der Waals surface area contributed by atoms with Crippen molar-refractivity contribution in [1.82, 2.24) is 10.6 Å². The molecule has 0 bridgehead atoms. The SMILES string of the molecule is CC1(CNCc2ccc3c(c2)CNCC3)CCC1. The van der Waals surface area contributed by atoms with E-state index in [-0.39, 0.29) is 0 Å². The Morgan fingerprint density at radius 3 is 2.94 bits per heavy atom. The van der Waals surface area contributed by atoms with Gasteiger partial charge in [-0.2, -0.15) is 0 Å². The summed E-state index contributed by atoms with van der Waals surface area (Å²) in [6, 6.07) is 6.98. The summed E-state index contributed by atoms with van der Waals surface area (Å²) in [5.41, 5.74) is 5.04. The molecule has 18 heavy (non-hydrogen) atoms. The lowest BCUT2D eigenvalue weighted by atomic mass is 9.70.